The molecule has 0 aliphatic rings. The lowest BCUT2D eigenvalue weighted by molar-refractivity contribution is 0.869. The van der Waals surface area contributed by atoms with Crippen LogP contribution < -0.4 is 0 Å². The van der Waals surface area contributed by atoms with Crippen molar-refractivity contribution in [3.63, 3.8) is 0 Å². The second-order valence-electron chi connectivity index (χ2n) is 5.85. The summed E-state index contributed by atoms with van der Waals surface area (Å²) in [4.78, 5) is 0. The lowest BCUT2D eigenvalue weighted by Gasteiger charge is -2.08. The van der Waals surface area contributed by atoms with Gasteiger partial charge in [0, 0.05) is 37.3 Å². The highest BCUT2D eigenvalue weighted by atomic mass is 79.9. The van der Waals surface area contributed by atoms with Gasteiger partial charge in [-0.05, 0) is 47.5 Å². The van der Waals surface area contributed by atoms with Crippen LogP contribution in [0.15, 0.2) is 76.2 Å². The third-order valence-electron chi connectivity index (χ3n) is 4.35. The Morgan fingerprint density at radius 3 is 1.83 bits per heavy atom. The molecule has 0 saturated carbocycles. The zero-order chi connectivity index (χ0) is 16.7. The molecule has 1 aromatic heterocycles. The summed E-state index contributed by atoms with van der Waals surface area (Å²) in [5.74, 6) is 0. The molecule has 0 aliphatic carbocycles. The van der Waals surface area contributed by atoms with E-state index in [1.807, 2.05) is 6.08 Å². The van der Waals surface area contributed by atoms with E-state index in [0.717, 1.165) is 21.1 Å². The van der Waals surface area contributed by atoms with E-state index in [4.69, 9.17) is 0 Å². The summed E-state index contributed by atoms with van der Waals surface area (Å²) in [5.41, 5.74) is 4.93. The maximum absolute atomic E-state index is 3.82. The summed E-state index contributed by atoms with van der Waals surface area (Å²) in [6.45, 7) is 4.67. The number of hydrogen-bond acceptors (Lipinski definition) is 0. The highest BCUT2D eigenvalue weighted by molar-refractivity contribution is 9.10. The minimum Gasteiger partial charge on any atom is -0.336 e. The number of fused-ring (bicyclic) bond motifs is 3. The number of halogens is 2. The lowest BCUT2D eigenvalue weighted by Crippen LogP contribution is -1.99. The SMILES string of the molecule is C=Cc1ccc(Cn2c3ccc(Br)cc3c3cc(Br)ccc32)cc1. The number of nitrogens with zero attached hydrogens (tertiary/aromatic N) is 1. The molecular weight excluding hydrogens is 426 g/mol. The predicted octanol–water partition coefficient (Wildman–Crippen LogP) is 7.01. The summed E-state index contributed by atoms with van der Waals surface area (Å²) >= 11 is 7.20. The van der Waals surface area contributed by atoms with Gasteiger partial charge in [-0.2, -0.15) is 0 Å². The van der Waals surface area contributed by atoms with E-state index in [1.165, 1.54) is 27.4 Å². The summed E-state index contributed by atoms with van der Waals surface area (Å²) in [6.07, 6.45) is 1.87. The average Bonchev–Trinajstić information content (AvgIpc) is 2.88. The fourth-order valence-electron chi connectivity index (χ4n) is 3.16. The van der Waals surface area contributed by atoms with Gasteiger partial charge in [-0.3, -0.25) is 0 Å². The Bertz CT molecular complexity index is 1000. The molecule has 0 radical (unpaired) electrons. The van der Waals surface area contributed by atoms with Gasteiger partial charge in [-0.25, -0.2) is 0 Å². The van der Waals surface area contributed by atoms with Crippen molar-refractivity contribution in [1.82, 2.24) is 4.57 Å². The van der Waals surface area contributed by atoms with Gasteiger partial charge in [0.05, 0.1) is 0 Å². The normalized spacial score (nSPS) is 11.2. The highest BCUT2D eigenvalue weighted by Gasteiger charge is 2.11. The van der Waals surface area contributed by atoms with Crippen molar-refractivity contribution in [2.75, 3.05) is 0 Å². The van der Waals surface area contributed by atoms with Crippen LogP contribution in [-0.4, -0.2) is 4.57 Å². The molecule has 0 saturated heterocycles. The fourth-order valence-corrected chi connectivity index (χ4v) is 3.88. The van der Waals surface area contributed by atoms with Crippen LogP contribution in [0.4, 0.5) is 0 Å². The summed E-state index contributed by atoms with van der Waals surface area (Å²) in [7, 11) is 0. The van der Waals surface area contributed by atoms with Crippen LogP contribution in [0, 0.1) is 0 Å². The molecule has 0 atom stereocenters. The minimum absolute atomic E-state index is 0.848. The first-order valence-corrected chi connectivity index (χ1v) is 9.33. The van der Waals surface area contributed by atoms with Crippen molar-refractivity contribution in [2.45, 2.75) is 6.54 Å². The van der Waals surface area contributed by atoms with Gasteiger partial charge < -0.3 is 4.57 Å². The molecule has 118 valence electrons. The van der Waals surface area contributed by atoms with Gasteiger partial charge in [0.15, 0.2) is 0 Å². The van der Waals surface area contributed by atoms with Gasteiger partial charge in [-0.15, -0.1) is 0 Å². The molecule has 4 aromatic rings. The molecule has 0 bridgehead atoms. The van der Waals surface area contributed by atoms with E-state index >= 15 is 0 Å². The van der Waals surface area contributed by atoms with Crippen molar-refractivity contribution in [3.8, 4) is 0 Å². The van der Waals surface area contributed by atoms with E-state index in [1.54, 1.807) is 0 Å². The summed E-state index contributed by atoms with van der Waals surface area (Å²) in [5, 5.41) is 2.53. The third kappa shape index (κ3) is 2.72. The number of benzene rings is 3. The Morgan fingerprint density at radius 1 is 0.792 bits per heavy atom. The van der Waals surface area contributed by atoms with Gasteiger partial charge in [0.2, 0.25) is 0 Å². The van der Waals surface area contributed by atoms with Crippen LogP contribution in [0.5, 0.6) is 0 Å². The monoisotopic (exact) mass is 439 g/mol. The van der Waals surface area contributed by atoms with Crippen molar-refractivity contribution < 1.29 is 0 Å². The van der Waals surface area contributed by atoms with Crippen LogP contribution >= 0.6 is 31.9 Å². The van der Waals surface area contributed by atoms with Crippen LogP contribution in [0.1, 0.15) is 11.1 Å². The molecule has 0 N–H and O–H groups in total. The zero-order valence-electron chi connectivity index (χ0n) is 13.0. The standard InChI is InChI=1S/C21H15Br2N/c1-2-14-3-5-15(6-4-14)13-24-20-9-7-16(22)11-18(20)19-12-17(23)8-10-21(19)24/h2-12H,1,13H2. The molecular formula is C21H15Br2N. The molecule has 3 aromatic carbocycles. The topological polar surface area (TPSA) is 4.93 Å². The Balaban J connectivity index is 1.93. The van der Waals surface area contributed by atoms with Crippen LogP contribution in [0.25, 0.3) is 27.9 Å². The third-order valence-corrected chi connectivity index (χ3v) is 5.33. The first-order chi connectivity index (χ1) is 11.7. The molecule has 1 nitrogen and oxygen atoms in total. The van der Waals surface area contributed by atoms with Crippen molar-refractivity contribution in [2.24, 2.45) is 0 Å². The molecule has 24 heavy (non-hydrogen) atoms. The van der Waals surface area contributed by atoms with E-state index < -0.39 is 0 Å². The van der Waals surface area contributed by atoms with Gasteiger partial charge >= 0.3 is 0 Å². The van der Waals surface area contributed by atoms with Gasteiger partial charge in [-0.1, -0.05) is 68.8 Å². The molecule has 4 rings (SSSR count). The molecule has 0 aliphatic heterocycles. The fraction of sp³-hybridized carbons (Fsp3) is 0.0476. The smallest absolute Gasteiger partial charge is 0.0495 e. The van der Waals surface area contributed by atoms with Crippen molar-refractivity contribution in [3.05, 3.63) is 87.3 Å². The molecule has 3 heteroatoms. The number of rotatable bonds is 3. The summed E-state index contributed by atoms with van der Waals surface area (Å²) < 4.78 is 4.58. The molecule has 0 spiro atoms. The number of aromatic nitrogens is 1. The first kappa shape index (κ1) is 15.7. The molecule has 0 fully saturated rings. The van der Waals surface area contributed by atoms with Crippen LogP contribution in [-0.2, 0) is 6.54 Å². The lowest BCUT2D eigenvalue weighted by atomic mass is 10.1. The van der Waals surface area contributed by atoms with Gasteiger partial charge in [0.25, 0.3) is 0 Å². The second-order valence-corrected chi connectivity index (χ2v) is 7.69. The van der Waals surface area contributed by atoms with E-state index in [9.17, 15) is 0 Å². The van der Waals surface area contributed by atoms with Crippen molar-refractivity contribution >= 4 is 59.7 Å². The second kappa shape index (κ2) is 6.23. The highest BCUT2D eigenvalue weighted by Crippen LogP contribution is 2.33. The maximum atomic E-state index is 3.82. The molecule has 1 heterocycles. The minimum atomic E-state index is 0.848. The van der Waals surface area contributed by atoms with Crippen LogP contribution in [0.3, 0.4) is 0 Å². The average molecular weight is 441 g/mol. The Kier molecular flexibility index (Phi) is 4.07. The Labute approximate surface area is 157 Å². The molecule has 0 unspecified atom stereocenters. The van der Waals surface area contributed by atoms with E-state index in [-0.39, 0.29) is 0 Å². The Morgan fingerprint density at radius 2 is 1.33 bits per heavy atom. The van der Waals surface area contributed by atoms with Gasteiger partial charge in [0.1, 0.15) is 0 Å². The molecule has 0 amide bonds. The predicted molar refractivity (Wildman–Crippen MR) is 110 cm³/mol. The van der Waals surface area contributed by atoms with E-state index in [0.29, 0.717) is 0 Å². The van der Waals surface area contributed by atoms with E-state index in [2.05, 4.69) is 104 Å². The quantitative estimate of drug-likeness (QED) is 0.322. The zero-order valence-corrected chi connectivity index (χ0v) is 16.1. The first-order valence-electron chi connectivity index (χ1n) is 7.74. The summed E-state index contributed by atoms with van der Waals surface area (Å²) in [6, 6.07) is 21.5. The van der Waals surface area contributed by atoms with Crippen molar-refractivity contribution in [1.29, 1.82) is 0 Å². The largest absolute Gasteiger partial charge is 0.336 e. The Hall–Kier alpha value is -1.84. The maximum Gasteiger partial charge on any atom is 0.0495 e. The van der Waals surface area contributed by atoms with Crippen LogP contribution in [0.2, 0.25) is 0 Å². The number of hydrogen-bond donors (Lipinski definition) is 0.